The molecule has 1 saturated heterocycles. The number of aliphatic hydroxyl groups excluding tert-OH is 3. The molecule has 200 valence electrons. The van der Waals surface area contributed by atoms with Crippen LogP contribution in [0.4, 0.5) is 0 Å². The van der Waals surface area contributed by atoms with Crippen molar-refractivity contribution in [2.24, 2.45) is 11.3 Å². The average molecular weight is 499 g/mol. The van der Waals surface area contributed by atoms with Crippen molar-refractivity contribution in [1.29, 1.82) is 0 Å². The van der Waals surface area contributed by atoms with E-state index in [0.29, 0.717) is 6.42 Å². The predicted octanol–water partition coefficient (Wildman–Crippen LogP) is 0.573. The highest BCUT2D eigenvalue weighted by Gasteiger charge is 2.38. The molecular weight excluding hydrogens is 456 g/mol. The van der Waals surface area contributed by atoms with E-state index in [1.807, 2.05) is 20.8 Å². The van der Waals surface area contributed by atoms with Crippen molar-refractivity contribution in [2.75, 3.05) is 13.7 Å². The molecule has 2 fully saturated rings. The van der Waals surface area contributed by atoms with E-state index < -0.39 is 48.4 Å². The zero-order chi connectivity index (χ0) is 26.2. The average Bonchev–Trinajstić information content (AvgIpc) is 2.98. The second-order valence-corrected chi connectivity index (χ2v) is 10.6. The first-order valence-electron chi connectivity index (χ1n) is 12.5. The normalized spacial score (nSPS) is 25.7. The lowest BCUT2D eigenvalue weighted by Gasteiger charge is -2.28. The lowest BCUT2D eigenvalue weighted by atomic mass is 9.89. The molecule has 0 aromatic rings. The number of nitrogens with one attached hydrogen (secondary N) is 2. The number of rotatable bonds is 9. The number of methoxy groups -OCH3 is 1. The number of hydrogen-bond donors (Lipinski definition) is 5. The van der Waals surface area contributed by atoms with E-state index in [2.05, 4.69) is 10.6 Å². The summed E-state index contributed by atoms with van der Waals surface area (Å²) in [5, 5.41) is 36.2. The van der Waals surface area contributed by atoms with Crippen LogP contribution in [-0.4, -0.2) is 83.3 Å². The third-order valence-corrected chi connectivity index (χ3v) is 6.45. The molecule has 1 saturated carbocycles. The Labute approximate surface area is 207 Å². The number of aliphatic hydroxyl groups is 3. The van der Waals surface area contributed by atoms with Crippen molar-refractivity contribution in [1.82, 2.24) is 10.6 Å². The predicted molar refractivity (Wildman–Crippen MR) is 128 cm³/mol. The van der Waals surface area contributed by atoms with Crippen LogP contribution in [-0.2, 0) is 23.9 Å². The molecule has 6 atom stereocenters. The third kappa shape index (κ3) is 9.18. The van der Waals surface area contributed by atoms with Gasteiger partial charge in [0.25, 0.3) is 5.91 Å². The number of amides is 2. The van der Waals surface area contributed by atoms with Gasteiger partial charge in [-0.1, -0.05) is 52.2 Å². The van der Waals surface area contributed by atoms with Crippen LogP contribution in [0.2, 0.25) is 0 Å². The van der Waals surface area contributed by atoms with Crippen LogP contribution in [0.25, 0.3) is 0 Å². The molecule has 0 bridgehead atoms. The Kier molecular flexibility index (Phi) is 11.1. The van der Waals surface area contributed by atoms with E-state index in [4.69, 9.17) is 9.47 Å². The highest BCUT2D eigenvalue weighted by Crippen LogP contribution is 2.26. The van der Waals surface area contributed by atoms with Gasteiger partial charge in [0, 0.05) is 7.11 Å². The topological polar surface area (TPSA) is 154 Å². The molecule has 1 aliphatic carbocycles. The third-order valence-electron chi connectivity index (χ3n) is 6.45. The summed E-state index contributed by atoms with van der Waals surface area (Å²) < 4.78 is 10.7. The molecule has 35 heavy (non-hydrogen) atoms. The minimum atomic E-state index is -1.74. The van der Waals surface area contributed by atoms with E-state index >= 15 is 0 Å². The number of hydrogen-bond acceptors (Lipinski definition) is 8. The summed E-state index contributed by atoms with van der Waals surface area (Å²) in [6.45, 7) is 5.88. The molecule has 10 heteroatoms. The van der Waals surface area contributed by atoms with Crippen molar-refractivity contribution in [2.45, 2.75) is 102 Å². The highest BCUT2D eigenvalue weighted by atomic mass is 16.5. The number of carbonyl (C=O) groups is 3. The van der Waals surface area contributed by atoms with Crippen LogP contribution < -0.4 is 10.6 Å². The van der Waals surface area contributed by atoms with E-state index in [-0.39, 0.29) is 30.3 Å². The van der Waals surface area contributed by atoms with E-state index in [0.717, 1.165) is 32.1 Å². The van der Waals surface area contributed by atoms with Gasteiger partial charge in [0.15, 0.2) is 6.10 Å². The molecular formula is C25H42N2O8. The summed E-state index contributed by atoms with van der Waals surface area (Å²) in [4.78, 5) is 37.7. The monoisotopic (exact) mass is 498 g/mol. The maximum Gasteiger partial charge on any atom is 0.309 e. The van der Waals surface area contributed by atoms with E-state index in [9.17, 15) is 29.7 Å². The van der Waals surface area contributed by atoms with Gasteiger partial charge in [-0.15, -0.1) is 0 Å². The minimum Gasteiger partial charge on any atom is -0.460 e. The smallest absolute Gasteiger partial charge is 0.309 e. The van der Waals surface area contributed by atoms with Gasteiger partial charge in [-0.2, -0.15) is 0 Å². The Hall–Kier alpha value is -2.01. The standard InChI is InChI=1S/C25H42N2O8/c1-25(2,3)13-12-18(28)19(29)20(30)21(34-4)23(32)27-17-11-10-16(14-26-22(17)31)35-24(33)15-8-6-5-7-9-15/h12-13,15-21,28-30H,5-11,14H2,1-4H3,(H,26,31)(H,27,32)/b13-12+/t16-,17+,18-,19+,20-,21-/m1/s1. The lowest BCUT2D eigenvalue weighted by Crippen LogP contribution is -2.55. The van der Waals surface area contributed by atoms with Crippen molar-refractivity contribution >= 4 is 17.8 Å². The van der Waals surface area contributed by atoms with Crippen LogP contribution in [0.1, 0.15) is 65.7 Å². The molecule has 1 aliphatic heterocycles. The second kappa shape index (κ2) is 13.3. The number of ether oxygens (including phenoxy) is 2. The van der Waals surface area contributed by atoms with Gasteiger partial charge < -0.3 is 35.4 Å². The molecule has 2 amide bonds. The molecule has 0 aromatic heterocycles. The summed E-state index contributed by atoms with van der Waals surface area (Å²) in [7, 11) is 1.19. The molecule has 0 radical (unpaired) electrons. The van der Waals surface area contributed by atoms with Crippen molar-refractivity contribution < 1.29 is 39.2 Å². The van der Waals surface area contributed by atoms with E-state index in [1.165, 1.54) is 13.2 Å². The van der Waals surface area contributed by atoms with Crippen molar-refractivity contribution in [3.8, 4) is 0 Å². The van der Waals surface area contributed by atoms with Gasteiger partial charge >= 0.3 is 5.97 Å². The lowest BCUT2D eigenvalue weighted by molar-refractivity contribution is -0.155. The summed E-state index contributed by atoms with van der Waals surface area (Å²) in [6, 6.07) is -0.923. The van der Waals surface area contributed by atoms with Crippen LogP contribution in [0, 0.1) is 11.3 Å². The first-order valence-corrected chi connectivity index (χ1v) is 12.5. The maximum absolute atomic E-state index is 12.8. The quantitative estimate of drug-likeness (QED) is 0.228. The minimum absolute atomic E-state index is 0.0952. The highest BCUT2D eigenvalue weighted by molar-refractivity contribution is 5.89. The summed E-state index contributed by atoms with van der Waals surface area (Å²) in [5.74, 6) is -1.57. The summed E-state index contributed by atoms with van der Waals surface area (Å²) in [6.07, 6.45) is 1.61. The van der Waals surface area contributed by atoms with Gasteiger partial charge in [-0.05, 0) is 31.1 Å². The maximum atomic E-state index is 12.8. The zero-order valence-electron chi connectivity index (χ0n) is 21.2. The number of carbonyl (C=O) groups excluding carboxylic acids is 3. The molecule has 2 aliphatic rings. The second-order valence-electron chi connectivity index (χ2n) is 10.6. The van der Waals surface area contributed by atoms with Crippen molar-refractivity contribution in [3.63, 3.8) is 0 Å². The molecule has 10 nitrogen and oxygen atoms in total. The Morgan fingerprint density at radius 1 is 1.06 bits per heavy atom. The SMILES string of the molecule is CO[C@@H](C(=O)N[C@H]1CC[C@@H](OC(=O)C2CCCCC2)CNC1=O)[C@H](O)[C@@H](O)[C@H](O)/C=C/C(C)(C)C. The van der Waals surface area contributed by atoms with E-state index in [1.54, 1.807) is 6.08 Å². The largest absolute Gasteiger partial charge is 0.460 e. The van der Waals surface area contributed by atoms with Crippen molar-refractivity contribution in [3.05, 3.63) is 12.2 Å². The number of esters is 1. The molecule has 2 rings (SSSR count). The fourth-order valence-electron chi connectivity index (χ4n) is 4.30. The summed E-state index contributed by atoms with van der Waals surface area (Å²) >= 11 is 0. The molecule has 0 aromatic carbocycles. The van der Waals surface area contributed by atoms with Gasteiger partial charge in [0.1, 0.15) is 30.5 Å². The van der Waals surface area contributed by atoms with Crippen LogP contribution in [0.3, 0.4) is 0 Å². The molecule has 0 unspecified atom stereocenters. The number of allylic oxidation sites excluding steroid dienone is 1. The Morgan fingerprint density at radius 2 is 1.71 bits per heavy atom. The van der Waals surface area contributed by atoms with Gasteiger partial charge in [0.2, 0.25) is 5.91 Å². The first kappa shape index (κ1) is 29.2. The fraction of sp³-hybridized carbons (Fsp3) is 0.800. The Bertz CT molecular complexity index is 744. The zero-order valence-corrected chi connectivity index (χ0v) is 21.2. The first-order chi connectivity index (χ1) is 16.4. The van der Waals surface area contributed by atoms with Gasteiger partial charge in [0.05, 0.1) is 12.5 Å². The Morgan fingerprint density at radius 3 is 2.31 bits per heavy atom. The van der Waals surface area contributed by atoms with Gasteiger partial charge in [-0.25, -0.2) is 0 Å². The molecule has 0 spiro atoms. The van der Waals surface area contributed by atoms with Crippen LogP contribution in [0.15, 0.2) is 12.2 Å². The fourth-order valence-corrected chi connectivity index (χ4v) is 4.30. The van der Waals surface area contributed by atoms with Crippen LogP contribution >= 0.6 is 0 Å². The van der Waals surface area contributed by atoms with Crippen LogP contribution in [0.5, 0.6) is 0 Å². The molecule has 5 N–H and O–H groups in total. The van der Waals surface area contributed by atoms with Gasteiger partial charge in [-0.3, -0.25) is 14.4 Å². The molecule has 1 heterocycles. The summed E-state index contributed by atoms with van der Waals surface area (Å²) in [5.41, 5.74) is -0.251. The Balaban J connectivity index is 1.92.